The van der Waals surface area contributed by atoms with E-state index in [1.54, 1.807) is 4.90 Å². The molecule has 1 amide bonds. The second-order valence-corrected chi connectivity index (χ2v) is 5.46. The number of amides is 1. The summed E-state index contributed by atoms with van der Waals surface area (Å²) in [5, 5.41) is 0. The zero-order chi connectivity index (χ0) is 15.1. The zero-order valence-electron chi connectivity index (χ0n) is 12.6. The highest BCUT2D eigenvalue weighted by Gasteiger charge is 2.19. The fourth-order valence-electron chi connectivity index (χ4n) is 2.50. The van der Waals surface area contributed by atoms with Crippen LogP contribution in [0.15, 0.2) is 24.3 Å². The van der Waals surface area contributed by atoms with E-state index >= 15 is 0 Å². The second-order valence-electron chi connectivity index (χ2n) is 5.46. The van der Waals surface area contributed by atoms with Crippen molar-refractivity contribution >= 4 is 5.91 Å². The molecule has 116 valence electrons. The van der Waals surface area contributed by atoms with Gasteiger partial charge in [-0.05, 0) is 24.8 Å². The number of para-hydroxylation sites is 1. The van der Waals surface area contributed by atoms with Crippen LogP contribution in [0.2, 0.25) is 0 Å². The van der Waals surface area contributed by atoms with Crippen LogP contribution in [0.1, 0.15) is 18.4 Å². The quantitative estimate of drug-likeness (QED) is 0.861. The van der Waals surface area contributed by atoms with Gasteiger partial charge in [0.15, 0.2) is 6.61 Å². The van der Waals surface area contributed by atoms with Crippen molar-refractivity contribution in [3.05, 3.63) is 29.8 Å². The molecule has 5 nitrogen and oxygen atoms in total. The van der Waals surface area contributed by atoms with Gasteiger partial charge in [0.2, 0.25) is 0 Å². The van der Waals surface area contributed by atoms with Gasteiger partial charge in [0.05, 0.1) is 6.61 Å². The summed E-state index contributed by atoms with van der Waals surface area (Å²) in [5.41, 5.74) is 6.56. The predicted octanol–water partition coefficient (Wildman–Crippen LogP) is 1.41. The van der Waals surface area contributed by atoms with Gasteiger partial charge in [-0.2, -0.15) is 0 Å². The Morgan fingerprint density at radius 3 is 3.00 bits per heavy atom. The van der Waals surface area contributed by atoms with E-state index in [1.807, 2.05) is 31.3 Å². The topological polar surface area (TPSA) is 64.8 Å². The molecule has 1 atom stereocenters. The molecular weight excluding hydrogens is 268 g/mol. The minimum Gasteiger partial charge on any atom is -0.483 e. The Morgan fingerprint density at radius 1 is 1.48 bits per heavy atom. The van der Waals surface area contributed by atoms with E-state index in [0.717, 1.165) is 38.2 Å². The average molecular weight is 292 g/mol. The molecule has 1 aromatic carbocycles. The highest BCUT2D eigenvalue weighted by molar-refractivity contribution is 5.77. The number of carbonyl (C=O) groups is 1. The van der Waals surface area contributed by atoms with Crippen molar-refractivity contribution in [1.82, 2.24) is 4.90 Å². The molecule has 0 saturated carbocycles. The molecule has 2 rings (SSSR count). The SMILES string of the molecule is CN(CC1CCCOC1)C(=O)COc1ccccc1CN. The first-order valence-electron chi connectivity index (χ1n) is 7.43. The summed E-state index contributed by atoms with van der Waals surface area (Å²) >= 11 is 0. The predicted molar refractivity (Wildman–Crippen MR) is 81.0 cm³/mol. The largest absolute Gasteiger partial charge is 0.483 e. The molecule has 0 aliphatic carbocycles. The summed E-state index contributed by atoms with van der Waals surface area (Å²) in [6, 6.07) is 7.53. The van der Waals surface area contributed by atoms with Crippen molar-refractivity contribution in [2.24, 2.45) is 11.7 Å². The van der Waals surface area contributed by atoms with E-state index in [4.69, 9.17) is 15.2 Å². The molecule has 1 aromatic rings. The Kier molecular flexibility index (Phi) is 6.02. The van der Waals surface area contributed by atoms with Crippen molar-refractivity contribution in [3.63, 3.8) is 0 Å². The molecule has 1 aliphatic heterocycles. The van der Waals surface area contributed by atoms with Crippen LogP contribution in [-0.2, 0) is 16.1 Å². The number of ether oxygens (including phenoxy) is 2. The molecular formula is C16H24N2O3. The standard InChI is InChI=1S/C16H24N2O3/c1-18(10-13-5-4-8-20-11-13)16(19)12-21-15-7-3-2-6-14(15)9-17/h2-3,6-7,13H,4-5,8-12,17H2,1H3. The van der Waals surface area contributed by atoms with Crippen LogP contribution < -0.4 is 10.5 Å². The maximum Gasteiger partial charge on any atom is 0.260 e. The van der Waals surface area contributed by atoms with E-state index in [-0.39, 0.29) is 12.5 Å². The Bertz CT molecular complexity index is 459. The molecule has 0 bridgehead atoms. The second kappa shape index (κ2) is 8.00. The average Bonchev–Trinajstić information content (AvgIpc) is 2.53. The first-order chi connectivity index (χ1) is 10.2. The lowest BCUT2D eigenvalue weighted by Crippen LogP contribution is -2.37. The molecule has 0 spiro atoms. The molecule has 1 fully saturated rings. The molecule has 1 unspecified atom stereocenters. The molecule has 1 saturated heterocycles. The van der Waals surface area contributed by atoms with Crippen molar-refractivity contribution in [1.29, 1.82) is 0 Å². The summed E-state index contributed by atoms with van der Waals surface area (Å²) < 4.78 is 11.0. The number of rotatable bonds is 6. The Balaban J connectivity index is 1.80. The maximum absolute atomic E-state index is 12.1. The highest BCUT2D eigenvalue weighted by atomic mass is 16.5. The van der Waals surface area contributed by atoms with Gasteiger partial charge < -0.3 is 20.1 Å². The molecule has 1 heterocycles. The van der Waals surface area contributed by atoms with Crippen LogP contribution >= 0.6 is 0 Å². The van der Waals surface area contributed by atoms with E-state index in [0.29, 0.717) is 18.2 Å². The summed E-state index contributed by atoms with van der Waals surface area (Å²) in [7, 11) is 1.81. The zero-order valence-corrected chi connectivity index (χ0v) is 12.6. The summed E-state index contributed by atoms with van der Waals surface area (Å²) in [4.78, 5) is 13.8. The fourth-order valence-corrected chi connectivity index (χ4v) is 2.50. The summed E-state index contributed by atoms with van der Waals surface area (Å²) in [5.74, 6) is 1.10. The van der Waals surface area contributed by atoms with Crippen molar-refractivity contribution in [2.45, 2.75) is 19.4 Å². The van der Waals surface area contributed by atoms with Gasteiger partial charge in [-0.3, -0.25) is 4.79 Å². The third-order valence-corrected chi connectivity index (χ3v) is 3.76. The molecule has 0 radical (unpaired) electrons. The summed E-state index contributed by atoms with van der Waals surface area (Å²) in [6.45, 7) is 2.75. The first-order valence-corrected chi connectivity index (χ1v) is 7.43. The van der Waals surface area contributed by atoms with Gasteiger partial charge in [0.25, 0.3) is 5.91 Å². The highest BCUT2D eigenvalue weighted by Crippen LogP contribution is 2.17. The monoisotopic (exact) mass is 292 g/mol. The maximum atomic E-state index is 12.1. The number of nitrogens with two attached hydrogens (primary N) is 1. The third kappa shape index (κ3) is 4.72. The molecule has 5 heteroatoms. The lowest BCUT2D eigenvalue weighted by Gasteiger charge is -2.27. The van der Waals surface area contributed by atoms with Crippen molar-refractivity contribution < 1.29 is 14.3 Å². The van der Waals surface area contributed by atoms with E-state index in [9.17, 15) is 4.79 Å². The van der Waals surface area contributed by atoms with Crippen molar-refractivity contribution in [3.8, 4) is 5.75 Å². The van der Waals surface area contributed by atoms with E-state index < -0.39 is 0 Å². The van der Waals surface area contributed by atoms with Gasteiger partial charge in [-0.1, -0.05) is 18.2 Å². The van der Waals surface area contributed by atoms with Crippen LogP contribution in [0.5, 0.6) is 5.75 Å². The molecule has 0 aromatic heterocycles. The Morgan fingerprint density at radius 2 is 2.29 bits per heavy atom. The molecule has 1 aliphatic rings. The van der Waals surface area contributed by atoms with Crippen LogP contribution in [0.4, 0.5) is 0 Å². The van der Waals surface area contributed by atoms with Gasteiger partial charge >= 0.3 is 0 Å². The number of nitrogens with zero attached hydrogens (tertiary/aromatic N) is 1. The number of benzene rings is 1. The normalized spacial score (nSPS) is 18.3. The Hall–Kier alpha value is -1.59. The van der Waals surface area contributed by atoms with Crippen LogP contribution in [0.3, 0.4) is 0 Å². The van der Waals surface area contributed by atoms with Crippen LogP contribution in [-0.4, -0.2) is 44.2 Å². The molecule has 21 heavy (non-hydrogen) atoms. The number of hydrogen-bond acceptors (Lipinski definition) is 4. The molecule has 2 N–H and O–H groups in total. The lowest BCUT2D eigenvalue weighted by molar-refractivity contribution is -0.133. The fraction of sp³-hybridized carbons (Fsp3) is 0.562. The van der Waals surface area contributed by atoms with Crippen LogP contribution in [0.25, 0.3) is 0 Å². The number of likely N-dealkylation sites (N-methyl/N-ethyl adjacent to an activating group) is 1. The first kappa shape index (κ1) is 15.8. The van der Waals surface area contributed by atoms with Crippen LogP contribution in [0, 0.1) is 5.92 Å². The minimum atomic E-state index is -0.0209. The Labute approximate surface area is 126 Å². The van der Waals surface area contributed by atoms with E-state index in [2.05, 4.69) is 0 Å². The number of carbonyl (C=O) groups excluding carboxylic acids is 1. The smallest absolute Gasteiger partial charge is 0.260 e. The van der Waals surface area contributed by atoms with E-state index in [1.165, 1.54) is 0 Å². The third-order valence-electron chi connectivity index (χ3n) is 3.76. The number of hydrogen-bond donors (Lipinski definition) is 1. The van der Waals surface area contributed by atoms with Gasteiger partial charge in [-0.15, -0.1) is 0 Å². The minimum absolute atomic E-state index is 0.0209. The van der Waals surface area contributed by atoms with Gasteiger partial charge in [0, 0.05) is 32.3 Å². The van der Waals surface area contributed by atoms with Crippen molar-refractivity contribution in [2.75, 3.05) is 33.4 Å². The van der Waals surface area contributed by atoms with Gasteiger partial charge in [-0.25, -0.2) is 0 Å². The lowest BCUT2D eigenvalue weighted by atomic mass is 10.0. The summed E-state index contributed by atoms with van der Waals surface area (Å²) in [6.07, 6.45) is 2.20. The van der Waals surface area contributed by atoms with Gasteiger partial charge in [0.1, 0.15) is 5.75 Å².